The molecule has 0 aliphatic carbocycles. The lowest BCUT2D eigenvalue weighted by Gasteiger charge is -1.90. The highest BCUT2D eigenvalue weighted by Crippen LogP contribution is 2.28. The molecule has 2 rings (SSSR count). The monoisotopic (exact) mass is 195 g/mol. The van der Waals surface area contributed by atoms with Crippen LogP contribution in [0.4, 0.5) is 0 Å². The van der Waals surface area contributed by atoms with E-state index in [2.05, 4.69) is 4.98 Å². The molecule has 0 aromatic carbocycles. The number of nitrogens with zero attached hydrogens (tertiary/aromatic N) is 1. The largest absolute Gasteiger partial charge is 0.462 e. The van der Waals surface area contributed by atoms with Gasteiger partial charge in [0.15, 0.2) is 10.8 Å². The van der Waals surface area contributed by atoms with E-state index in [-0.39, 0.29) is 6.61 Å². The van der Waals surface area contributed by atoms with Gasteiger partial charge in [0.2, 0.25) is 0 Å². The maximum atomic E-state index is 8.86. The fraction of sp³-hybridized carbons (Fsp3) is 0.222. The molecule has 0 atom stereocenters. The first-order valence-corrected chi connectivity index (χ1v) is 4.73. The molecule has 2 aromatic rings. The van der Waals surface area contributed by atoms with Crippen molar-refractivity contribution in [3.8, 4) is 10.8 Å². The molecule has 4 heteroatoms. The third-order valence-corrected chi connectivity index (χ3v) is 2.75. The maximum absolute atomic E-state index is 8.86. The van der Waals surface area contributed by atoms with Gasteiger partial charge >= 0.3 is 0 Å². The first kappa shape index (κ1) is 8.47. The van der Waals surface area contributed by atoms with Crippen LogP contribution in [0.25, 0.3) is 10.8 Å². The van der Waals surface area contributed by atoms with Crippen LogP contribution in [0.1, 0.15) is 10.4 Å². The highest BCUT2D eigenvalue weighted by atomic mass is 32.1. The summed E-state index contributed by atoms with van der Waals surface area (Å²) in [5, 5.41) is 9.68. The number of aryl methyl sites for hydroxylation is 1. The van der Waals surface area contributed by atoms with Crippen LogP contribution in [-0.4, -0.2) is 10.1 Å². The number of thiazole rings is 1. The zero-order valence-corrected chi connectivity index (χ0v) is 7.97. The molecule has 0 aliphatic heterocycles. The summed E-state index contributed by atoms with van der Waals surface area (Å²) < 4.78 is 5.27. The lowest BCUT2D eigenvalue weighted by Crippen LogP contribution is -1.72. The maximum Gasteiger partial charge on any atom is 0.165 e. The molecule has 0 spiro atoms. The van der Waals surface area contributed by atoms with Crippen LogP contribution in [-0.2, 0) is 6.61 Å². The second kappa shape index (κ2) is 3.32. The van der Waals surface area contributed by atoms with Gasteiger partial charge in [-0.3, -0.25) is 0 Å². The average Bonchev–Trinajstić information content (AvgIpc) is 2.71. The van der Waals surface area contributed by atoms with Crippen LogP contribution in [0.15, 0.2) is 22.9 Å². The summed E-state index contributed by atoms with van der Waals surface area (Å²) in [6.07, 6.45) is 3.31. The second-order valence-electron chi connectivity index (χ2n) is 2.72. The van der Waals surface area contributed by atoms with Gasteiger partial charge in [0.25, 0.3) is 0 Å². The van der Waals surface area contributed by atoms with Crippen molar-refractivity contribution in [3.05, 3.63) is 29.0 Å². The van der Waals surface area contributed by atoms with Gasteiger partial charge < -0.3 is 9.52 Å². The van der Waals surface area contributed by atoms with Gasteiger partial charge in [-0.05, 0) is 18.6 Å². The third kappa shape index (κ3) is 1.50. The molecule has 0 saturated heterocycles. The van der Waals surface area contributed by atoms with Gasteiger partial charge in [-0.15, -0.1) is 11.3 Å². The molecule has 0 aliphatic rings. The minimum absolute atomic E-state index is 0.0391. The number of aromatic nitrogens is 1. The second-order valence-corrected chi connectivity index (χ2v) is 3.84. The van der Waals surface area contributed by atoms with Gasteiger partial charge in [0.1, 0.15) is 0 Å². The van der Waals surface area contributed by atoms with Gasteiger partial charge in [-0.1, -0.05) is 0 Å². The smallest absolute Gasteiger partial charge is 0.165 e. The zero-order chi connectivity index (χ0) is 9.26. The highest BCUT2D eigenvalue weighted by Gasteiger charge is 2.09. The summed E-state index contributed by atoms with van der Waals surface area (Å²) in [6, 6.07) is 1.90. The number of hydrogen-bond donors (Lipinski definition) is 1. The van der Waals surface area contributed by atoms with Gasteiger partial charge in [0, 0.05) is 6.20 Å². The summed E-state index contributed by atoms with van der Waals surface area (Å²) in [4.78, 5) is 5.01. The molecular formula is C9H9NO2S. The van der Waals surface area contributed by atoms with Crippen molar-refractivity contribution in [3.63, 3.8) is 0 Å². The summed E-state index contributed by atoms with van der Waals surface area (Å²) in [7, 11) is 0. The van der Waals surface area contributed by atoms with E-state index in [1.807, 2.05) is 13.0 Å². The minimum Gasteiger partial charge on any atom is -0.462 e. The standard InChI is InChI=1S/C9H9NO2S/c1-6-2-3-12-8(6)9-10-4-7(5-11)13-9/h2-4,11H,5H2,1H3. The van der Waals surface area contributed by atoms with Crippen molar-refractivity contribution in [1.82, 2.24) is 4.98 Å². The minimum atomic E-state index is 0.0391. The van der Waals surface area contributed by atoms with E-state index in [1.54, 1.807) is 12.5 Å². The normalized spacial score (nSPS) is 10.6. The SMILES string of the molecule is Cc1ccoc1-c1ncc(CO)s1. The molecule has 2 aromatic heterocycles. The molecule has 0 fully saturated rings. The number of aliphatic hydroxyl groups excluding tert-OH is 1. The first-order chi connectivity index (χ1) is 6.31. The Balaban J connectivity index is 2.41. The number of rotatable bonds is 2. The topological polar surface area (TPSA) is 46.3 Å². The molecule has 0 saturated carbocycles. The predicted molar refractivity (Wildman–Crippen MR) is 50.5 cm³/mol. The van der Waals surface area contributed by atoms with E-state index in [4.69, 9.17) is 9.52 Å². The Morgan fingerprint density at radius 2 is 2.46 bits per heavy atom. The number of aliphatic hydroxyl groups is 1. The van der Waals surface area contributed by atoms with E-state index in [0.29, 0.717) is 0 Å². The van der Waals surface area contributed by atoms with Gasteiger partial charge in [-0.25, -0.2) is 4.98 Å². The summed E-state index contributed by atoms with van der Waals surface area (Å²) in [5.74, 6) is 0.796. The van der Waals surface area contributed by atoms with E-state index in [1.165, 1.54) is 11.3 Å². The first-order valence-electron chi connectivity index (χ1n) is 3.91. The van der Waals surface area contributed by atoms with Crippen molar-refractivity contribution in [2.75, 3.05) is 0 Å². The summed E-state index contributed by atoms with van der Waals surface area (Å²) in [6.45, 7) is 2.01. The number of furan rings is 1. The Morgan fingerprint density at radius 3 is 3.00 bits per heavy atom. The average molecular weight is 195 g/mol. The highest BCUT2D eigenvalue weighted by molar-refractivity contribution is 7.14. The molecule has 13 heavy (non-hydrogen) atoms. The fourth-order valence-corrected chi connectivity index (χ4v) is 1.90. The molecule has 0 bridgehead atoms. The van der Waals surface area contributed by atoms with Crippen molar-refractivity contribution < 1.29 is 9.52 Å². The Kier molecular flexibility index (Phi) is 2.16. The molecular weight excluding hydrogens is 186 g/mol. The van der Waals surface area contributed by atoms with Crippen molar-refractivity contribution in [2.24, 2.45) is 0 Å². The van der Waals surface area contributed by atoms with Crippen molar-refractivity contribution in [2.45, 2.75) is 13.5 Å². The zero-order valence-electron chi connectivity index (χ0n) is 7.15. The molecule has 68 valence electrons. The Morgan fingerprint density at radius 1 is 1.62 bits per heavy atom. The third-order valence-electron chi connectivity index (χ3n) is 1.77. The molecule has 2 heterocycles. The van der Waals surface area contributed by atoms with Crippen molar-refractivity contribution in [1.29, 1.82) is 0 Å². The van der Waals surface area contributed by atoms with Crippen LogP contribution in [0.5, 0.6) is 0 Å². The molecule has 1 N–H and O–H groups in total. The Bertz CT molecular complexity index is 405. The fourth-order valence-electron chi connectivity index (χ4n) is 1.08. The van der Waals surface area contributed by atoms with E-state index in [9.17, 15) is 0 Å². The Hall–Kier alpha value is -1.13. The van der Waals surface area contributed by atoms with Crippen LogP contribution in [0.3, 0.4) is 0 Å². The molecule has 0 radical (unpaired) electrons. The molecule has 3 nitrogen and oxygen atoms in total. The predicted octanol–water partition coefficient (Wildman–Crippen LogP) is 2.20. The number of hydrogen-bond acceptors (Lipinski definition) is 4. The quantitative estimate of drug-likeness (QED) is 0.799. The molecule has 0 amide bonds. The van der Waals surface area contributed by atoms with Crippen LogP contribution in [0.2, 0.25) is 0 Å². The van der Waals surface area contributed by atoms with Gasteiger partial charge in [0.05, 0.1) is 17.7 Å². The van der Waals surface area contributed by atoms with Crippen LogP contribution >= 0.6 is 11.3 Å². The van der Waals surface area contributed by atoms with Crippen LogP contribution < -0.4 is 0 Å². The van der Waals surface area contributed by atoms with E-state index in [0.717, 1.165) is 21.2 Å². The van der Waals surface area contributed by atoms with E-state index < -0.39 is 0 Å². The Labute approximate surface area is 79.7 Å². The summed E-state index contributed by atoms with van der Waals surface area (Å²) in [5.41, 5.74) is 1.07. The van der Waals surface area contributed by atoms with Crippen LogP contribution in [0, 0.1) is 6.92 Å². The summed E-state index contributed by atoms with van der Waals surface area (Å²) >= 11 is 1.45. The van der Waals surface area contributed by atoms with Gasteiger partial charge in [-0.2, -0.15) is 0 Å². The molecule has 0 unspecified atom stereocenters. The van der Waals surface area contributed by atoms with Crippen molar-refractivity contribution >= 4 is 11.3 Å². The van der Waals surface area contributed by atoms with E-state index >= 15 is 0 Å². The lowest BCUT2D eigenvalue weighted by atomic mass is 10.3. The lowest BCUT2D eigenvalue weighted by molar-refractivity contribution is 0.285.